The second kappa shape index (κ2) is 5.84. The van der Waals surface area contributed by atoms with Crippen molar-refractivity contribution in [1.29, 1.82) is 0 Å². The van der Waals surface area contributed by atoms with Gasteiger partial charge in [-0.15, -0.1) is 0 Å². The Balaban J connectivity index is 2.25. The van der Waals surface area contributed by atoms with E-state index >= 15 is 0 Å². The van der Waals surface area contributed by atoms with Crippen molar-refractivity contribution in [3.63, 3.8) is 0 Å². The van der Waals surface area contributed by atoms with Gasteiger partial charge in [0.25, 0.3) is 0 Å². The van der Waals surface area contributed by atoms with E-state index in [9.17, 15) is 4.79 Å². The first kappa shape index (κ1) is 11.3. The number of hydrogen-bond donors (Lipinski definition) is 1. The Labute approximate surface area is 90.5 Å². The summed E-state index contributed by atoms with van der Waals surface area (Å²) in [5, 5.41) is 10.3. The van der Waals surface area contributed by atoms with E-state index in [1.54, 1.807) is 0 Å². The van der Waals surface area contributed by atoms with Crippen LogP contribution in [-0.2, 0) is 10.1 Å². The van der Waals surface area contributed by atoms with Crippen molar-refractivity contribution in [3.8, 4) is 0 Å². The van der Waals surface area contributed by atoms with Gasteiger partial charge in [0.05, 0.1) is 0 Å². The van der Waals surface area contributed by atoms with Crippen LogP contribution in [0.4, 0.5) is 0 Å². The summed E-state index contributed by atoms with van der Waals surface area (Å²) in [7, 11) is 0. The van der Waals surface area contributed by atoms with Gasteiger partial charge in [0.15, 0.2) is 0 Å². The Bertz CT molecular complexity index is 293. The third-order valence-electron chi connectivity index (χ3n) is 1.85. The molecule has 0 spiro atoms. The normalized spacial score (nSPS) is 10.1. The summed E-state index contributed by atoms with van der Waals surface area (Å²) < 4.78 is 0. The maximum atomic E-state index is 10.3. The molecule has 1 aromatic rings. The van der Waals surface area contributed by atoms with Gasteiger partial charge in [-0.2, -0.15) is 0 Å². The fourth-order valence-electron chi connectivity index (χ4n) is 1.03. The Morgan fingerprint density at radius 1 is 1.36 bits per heavy atom. The van der Waals surface area contributed by atoms with E-state index in [2.05, 4.69) is 31.2 Å². The molecule has 0 unspecified atom stereocenters. The summed E-state index contributed by atoms with van der Waals surface area (Å²) in [6.45, 7) is 2.07. The second-order valence-corrected chi connectivity index (χ2v) is 5.50. The molecule has 76 valence electrons. The van der Waals surface area contributed by atoms with E-state index in [4.69, 9.17) is 5.11 Å². The molecule has 3 heteroatoms. The van der Waals surface area contributed by atoms with Crippen LogP contribution in [0.1, 0.15) is 17.5 Å². The molecule has 0 fully saturated rings. The zero-order valence-electron chi connectivity index (χ0n) is 8.19. The van der Waals surface area contributed by atoms with Gasteiger partial charge in [0.1, 0.15) is 0 Å². The molecule has 0 heterocycles. The van der Waals surface area contributed by atoms with Crippen molar-refractivity contribution in [1.82, 2.24) is 0 Å². The summed E-state index contributed by atoms with van der Waals surface area (Å²) in [6, 6.07) is 8.45. The molecule has 0 amide bonds. The molecule has 0 saturated heterocycles. The molecule has 0 radical (unpaired) electrons. The van der Waals surface area contributed by atoms with Crippen LogP contribution in [0.15, 0.2) is 24.3 Å². The fraction of sp³-hybridized carbons (Fsp3) is 0.364. The zero-order chi connectivity index (χ0) is 10.4. The molecular formula is C11H14O2Se. The third kappa shape index (κ3) is 4.45. The van der Waals surface area contributed by atoms with E-state index in [1.807, 2.05) is 0 Å². The molecule has 0 atom stereocenters. The number of aryl methyl sites for hydroxylation is 1. The fourth-order valence-corrected chi connectivity index (χ4v) is 2.90. The van der Waals surface area contributed by atoms with Gasteiger partial charge in [-0.25, -0.2) is 0 Å². The minimum absolute atomic E-state index is 0.311. The van der Waals surface area contributed by atoms with Crippen LogP contribution in [0.3, 0.4) is 0 Å². The molecule has 1 rings (SSSR count). The molecule has 0 aliphatic carbocycles. The van der Waals surface area contributed by atoms with Gasteiger partial charge in [-0.05, 0) is 0 Å². The Hall–Kier alpha value is -0.791. The van der Waals surface area contributed by atoms with Gasteiger partial charge in [-0.3, -0.25) is 0 Å². The summed E-state index contributed by atoms with van der Waals surface area (Å²) in [6.07, 6.45) is 0.311. The molecule has 1 aromatic carbocycles. The number of carbonyl (C=O) groups is 1. The number of rotatable bonds is 5. The van der Waals surface area contributed by atoms with Crippen LogP contribution in [0.2, 0.25) is 5.32 Å². The molecule has 0 aliphatic heterocycles. The Morgan fingerprint density at radius 2 is 2.00 bits per heavy atom. The van der Waals surface area contributed by atoms with Crippen molar-refractivity contribution in [2.75, 3.05) is 0 Å². The molecule has 0 bridgehead atoms. The first-order valence-corrected chi connectivity index (χ1v) is 6.96. The molecule has 0 aromatic heterocycles. The molecule has 0 saturated carbocycles. The van der Waals surface area contributed by atoms with Crippen LogP contribution in [0.5, 0.6) is 0 Å². The average molecular weight is 257 g/mol. The van der Waals surface area contributed by atoms with Crippen LogP contribution in [-0.4, -0.2) is 26.0 Å². The number of hydrogen-bond acceptors (Lipinski definition) is 1. The van der Waals surface area contributed by atoms with E-state index < -0.39 is 5.97 Å². The molecule has 14 heavy (non-hydrogen) atoms. The van der Waals surface area contributed by atoms with E-state index in [0.29, 0.717) is 21.4 Å². The maximum absolute atomic E-state index is 10.3. The molecular weight excluding hydrogens is 243 g/mol. The predicted octanol–water partition coefficient (Wildman–Crippen LogP) is 2.09. The van der Waals surface area contributed by atoms with Crippen molar-refractivity contribution in [3.05, 3.63) is 35.4 Å². The van der Waals surface area contributed by atoms with Crippen LogP contribution >= 0.6 is 0 Å². The van der Waals surface area contributed by atoms with Gasteiger partial charge < -0.3 is 0 Å². The number of carboxylic acids is 1. The van der Waals surface area contributed by atoms with Crippen molar-refractivity contribution < 1.29 is 9.90 Å². The molecule has 1 N–H and O–H groups in total. The van der Waals surface area contributed by atoms with Crippen LogP contribution in [0.25, 0.3) is 0 Å². The zero-order valence-corrected chi connectivity index (χ0v) is 9.91. The summed E-state index contributed by atoms with van der Waals surface area (Å²) >= 11 is 0.424. The van der Waals surface area contributed by atoms with Gasteiger partial charge in [0, 0.05) is 0 Å². The first-order chi connectivity index (χ1) is 6.68. The number of carboxylic acid groups (broad SMARTS) is 1. The first-order valence-electron chi connectivity index (χ1n) is 4.53. The standard InChI is InChI=1S/C11H14O2Se/c1-9-2-4-10(5-3-9)8-14-7-6-11(12)13/h2-5H,6-8H2,1H3,(H,12,13). The Kier molecular flexibility index (Phi) is 4.71. The summed E-state index contributed by atoms with van der Waals surface area (Å²) in [5.41, 5.74) is 2.59. The summed E-state index contributed by atoms with van der Waals surface area (Å²) in [5.74, 6) is -0.684. The SMILES string of the molecule is Cc1ccc(C[Se]CCC(=O)O)cc1. The monoisotopic (exact) mass is 258 g/mol. The minimum atomic E-state index is -0.684. The van der Waals surface area contributed by atoms with Gasteiger partial charge in [0.2, 0.25) is 0 Å². The number of aliphatic carboxylic acids is 1. The predicted molar refractivity (Wildman–Crippen MR) is 57.7 cm³/mol. The molecule has 2 nitrogen and oxygen atoms in total. The van der Waals surface area contributed by atoms with Crippen LogP contribution in [0, 0.1) is 6.92 Å². The van der Waals surface area contributed by atoms with Gasteiger partial charge >= 0.3 is 90.2 Å². The molecule has 0 aliphatic rings. The third-order valence-corrected chi connectivity index (χ3v) is 4.01. The van der Waals surface area contributed by atoms with Crippen molar-refractivity contribution >= 4 is 20.9 Å². The van der Waals surface area contributed by atoms with Crippen LogP contribution < -0.4 is 0 Å². The quantitative estimate of drug-likeness (QED) is 0.647. The van der Waals surface area contributed by atoms with Crippen molar-refractivity contribution in [2.24, 2.45) is 0 Å². The van der Waals surface area contributed by atoms with E-state index in [0.717, 1.165) is 10.6 Å². The summed E-state index contributed by atoms with van der Waals surface area (Å²) in [4.78, 5) is 10.3. The van der Waals surface area contributed by atoms with E-state index in [1.165, 1.54) is 11.1 Å². The topological polar surface area (TPSA) is 37.3 Å². The van der Waals surface area contributed by atoms with Gasteiger partial charge in [-0.1, -0.05) is 0 Å². The van der Waals surface area contributed by atoms with E-state index in [-0.39, 0.29) is 0 Å². The second-order valence-electron chi connectivity index (χ2n) is 3.18. The number of benzene rings is 1. The average Bonchev–Trinajstić information content (AvgIpc) is 2.15. The van der Waals surface area contributed by atoms with Crippen molar-refractivity contribution in [2.45, 2.75) is 24.0 Å². The Morgan fingerprint density at radius 3 is 2.57 bits per heavy atom.